The second kappa shape index (κ2) is 11.4. The number of carbonyl (C=O) groups excluding carboxylic acids is 1. The highest BCUT2D eigenvalue weighted by Gasteiger charge is 2.40. The van der Waals surface area contributed by atoms with Crippen LogP contribution in [-0.2, 0) is 14.6 Å². The van der Waals surface area contributed by atoms with E-state index >= 15 is 0 Å². The Morgan fingerprint density at radius 2 is 1.49 bits per heavy atom. The highest BCUT2D eigenvalue weighted by molar-refractivity contribution is 7.91. The number of sulfone groups is 1. The van der Waals surface area contributed by atoms with E-state index in [0.29, 0.717) is 11.3 Å². The summed E-state index contributed by atoms with van der Waals surface area (Å²) < 4.78 is 38.6. The van der Waals surface area contributed by atoms with Crippen LogP contribution in [0.4, 0.5) is 0 Å². The lowest BCUT2D eigenvalue weighted by Gasteiger charge is -2.28. The number of hydroxylamine groups is 1. The van der Waals surface area contributed by atoms with Gasteiger partial charge in [0.1, 0.15) is 5.25 Å². The highest BCUT2D eigenvalue weighted by atomic mass is 32.2. The molecule has 2 N–H and O–H groups in total. The quantitative estimate of drug-likeness (QED) is 0.300. The summed E-state index contributed by atoms with van der Waals surface area (Å²) in [4.78, 5) is 12.8. The van der Waals surface area contributed by atoms with Gasteiger partial charge in [-0.1, -0.05) is 68.4 Å². The van der Waals surface area contributed by atoms with E-state index in [4.69, 9.17) is 9.47 Å². The van der Waals surface area contributed by atoms with Gasteiger partial charge in [0.05, 0.1) is 25.0 Å². The monoisotopic (exact) mass is 497 g/mol. The minimum Gasteiger partial charge on any atom is -0.493 e. The van der Waals surface area contributed by atoms with Gasteiger partial charge >= 0.3 is 0 Å². The first-order valence-corrected chi connectivity index (χ1v) is 12.8. The molecule has 0 saturated carbocycles. The lowest BCUT2D eigenvalue weighted by atomic mass is 9.89. The molecule has 0 spiro atoms. The molecule has 0 bridgehead atoms. The zero-order valence-corrected chi connectivity index (χ0v) is 21.1. The maximum absolute atomic E-state index is 14.0. The van der Waals surface area contributed by atoms with Crippen molar-refractivity contribution >= 4 is 15.7 Å². The van der Waals surface area contributed by atoms with Crippen molar-refractivity contribution in [3.8, 4) is 22.6 Å². The van der Waals surface area contributed by atoms with Crippen LogP contribution in [0.15, 0.2) is 77.7 Å². The van der Waals surface area contributed by atoms with Crippen LogP contribution in [0.25, 0.3) is 11.1 Å². The first-order valence-electron chi connectivity index (χ1n) is 11.3. The van der Waals surface area contributed by atoms with E-state index in [0.717, 1.165) is 11.1 Å². The number of rotatable bonds is 10. The molecule has 186 valence electrons. The summed E-state index contributed by atoms with van der Waals surface area (Å²) in [7, 11) is -1.21. The van der Waals surface area contributed by atoms with Gasteiger partial charge in [-0.05, 0) is 41.2 Å². The molecule has 3 rings (SSSR count). The molecule has 2 atom stereocenters. The largest absolute Gasteiger partial charge is 0.493 e. The molecule has 0 aromatic heterocycles. The number of hydrogen-bond acceptors (Lipinski definition) is 6. The Labute approximate surface area is 206 Å². The van der Waals surface area contributed by atoms with E-state index in [9.17, 15) is 18.4 Å². The second-order valence-electron chi connectivity index (χ2n) is 8.68. The van der Waals surface area contributed by atoms with E-state index in [2.05, 4.69) is 0 Å². The topological polar surface area (TPSA) is 102 Å². The SMILES string of the molecule is COc1ccc(S(=O)(=O)C(c2ccc(-c3ccccc3)cc2)C(CC(C)C)C(=O)NO)cc1OC. The van der Waals surface area contributed by atoms with Crippen molar-refractivity contribution in [3.05, 3.63) is 78.4 Å². The zero-order valence-electron chi connectivity index (χ0n) is 20.3. The van der Waals surface area contributed by atoms with Crippen molar-refractivity contribution in [1.29, 1.82) is 0 Å². The van der Waals surface area contributed by atoms with Crippen molar-refractivity contribution < 1.29 is 27.9 Å². The minimum atomic E-state index is -4.10. The smallest absolute Gasteiger partial charge is 0.248 e. The highest BCUT2D eigenvalue weighted by Crippen LogP contribution is 2.41. The molecule has 0 aliphatic heterocycles. The van der Waals surface area contributed by atoms with Gasteiger partial charge in [0, 0.05) is 6.07 Å². The molecule has 0 heterocycles. The Kier molecular flexibility index (Phi) is 8.53. The molecule has 0 fully saturated rings. The Morgan fingerprint density at radius 3 is 2.03 bits per heavy atom. The third-order valence-electron chi connectivity index (χ3n) is 5.90. The third-order valence-corrected chi connectivity index (χ3v) is 8.08. The van der Waals surface area contributed by atoms with Crippen molar-refractivity contribution in [2.75, 3.05) is 14.2 Å². The van der Waals surface area contributed by atoms with Crippen LogP contribution < -0.4 is 15.0 Å². The molecule has 0 aliphatic carbocycles. The van der Waals surface area contributed by atoms with E-state index in [1.54, 1.807) is 17.6 Å². The molecular weight excluding hydrogens is 466 g/mol. The molecule has 0 aliphatic rings. The number of hydrogen-bond donors (Lipinski definition) is 2. The molecule has 7 nitrogen and oxygen atoms in total. The summed E-state index contributed by atoms with van der Waals surface area (Å²) in [5.41, 5.74) is 4.04. The Hall–Kier alpha value is -3.36. The summed E-state index contributed by atoms with van der Waals surface area (Å²) in [6.45, 7) is 3.80. The fraction of sp³-hybridized carbons (Fsp3) is 0.296. The van der Waals surface area contributed by atoms with Gasteiger partial charge in [0.15, 0.2) is 21.3 Å². The number of amides is 1. The van der Waals surface area contributed by atoms with Crippen LogP contribution in [0.3, 0.4) is 0 Å². The normalized spacial score (nSPS) is 13.2. The fourth-order valence-corrected chi connectivity index (χ4v) is 6.23. The fourth-order valence-electron chi connectivity index (χ4n) is 4.22. The van der Waals surface area contributed by atoms with Gasteiger partial charge in [0.25, 0.3) is 0 Å². The van der Waals surface area contributed by atoms with Crippen LogP contribution in [0.2, 0.25) is 0 Å². The van der Waals surface area contributed by atoms with Gasteiger partial charge in [-0.15, -0.1) is 0 Å². The molecule has 35 heavy (non-hydrogen) atoms. The summed E-state index contributed by atoms with van der Waals surface area (Å²) >= 11 is 0. The summed E-state index contributed by atoms with van der Waals surface area (Å²) in [5.74, 6) is -1.12. The third kappa shape index (κ3) is 5.83. The molecule has 1 amide bonds. The lowest BCUT2D eigenvalue weighted by molar-refractivity contribution is -0.134. The van der Waals surface area contributed by atoms with Gasteiger partial charge in [-0.2, -0.15) is 0 Å². The maximum atomic E-state index is 14.0. The van der Waals surface area contributed by atoms with Crippen molar-refractivity contribution in [2.24, 2.45) is 11.8 Å². The molecule has 2 unspecified atom stereocenters. The van der Waals surface area contributed by atoms with E-state index in [1.807, 2.05) is 56.3 Å². The molecular formula is C27H31NO6S. The standard InChI is InChI=1S/C27H31NO6S/c1-18(2)16-23(27(29)28-30)26(21-12-10-20(11-13-21)19-8-6-5-7-9-19)35(31,32)22-14-15-24(33-3)25(17-22)34-4/h5-15,17-18,23,26,30H,16H2,1-4H3,(H,28,29). The Bertz CT molecular complexity index is 1240. The van der Waals surface area contributed by atoms with Crippen LogP contribution in [0.1, 0.15) is 31.1 Å². The van der Waals surface area contributed by atoms with Crippen LogP contribution in [0, 0.1) is 11.8 Å². The minimum absolute atomic E-state index is 0.00370. The summed E-state index contributed by atoms with van der Waals surface area (Å²) in [5, 5.41) is 8.23. The molecule has 0 radical (unpaired) electrons. The van der Waals surface area contributed by atoms with Crippen LogP contribution >= 0.6 is 0 Å². The first kappa shape index (κ1) is 26.2. The van der Waals surface area contributed by atoms with E-state index in [-0.39, 0.29) is 23.0 Å². The molecule has 8 heteroatoms. The predicted molar refractivity (Wildman–Crippen MR) is 134 cm³/mol. The van der Waals surface area contributed by atoms with Crippen molar-refractivity contribution in [1.82, 2.24) is 5.48 Å². The zero-order chi connectivity index (χ0) is 25.6. The summed E-state index contributed by atoms with van der Waals surface area (Å²) in [6.07, 6.45) is 0.254. The number of nitrogens with one attached hydrogen (secondary N) is 1. The van der Waals surface area contributed by atoms with E-state index < -0.39 is 26.9 Å². The molecule has 3 aromatic rings. The van der Waals surface area contributed by atoms with Gasteiger partial charge in [-0.3, -0.25) is 10.0 Å². The Morgan fingerprint density at radius 1 is 0.886 bits per heavy atom. The lowest BCUT2D eigenvalue weighted by Crippen LogP contribution is -2.36. The van der Waals surface area contributed by atoms with Crippen LogP contribution in [-0.4, -0.2) is 33.8 Å². The van der Waals surface area contributed by atoms with Crippen molar-refractivity contribution in [3.63, 3.8) is 0 Å². The van der Waals surface area contributed by atoms with Crippen molar-refractivity contribution in [2.45, 2.75) is 30.4 Å². The average molecular weight is 498 g/mol. The molecule has 0 saturated heterocycles. The van der Waals surface area contributed by atoms with Gasteiger partial charge < -0.3 is 9.47 Å². The van der Waals surface area contributed by atoms with Gasteiger partial charge in [0.2, 0.25) is 5.91 Å². The second-order valence-corrected chi connectivity index (χ2v) is 10.8. The predicted octanol–water partition coefficient (Wildman–Crippen LogP) is 5.05. The van der Waals surface area contributed by atoms with Crippen LogP contribution in [0.5, 0.6) is 11.5 Å². The average Bonchev–Trinajstić information content (AvgIpc) is 2.87. The number of benzene rings is 3. The van der Waals surface area contributed by atoms with E-state index in [1.165, 1.54) is 32.4 Å². The number of methoxy groups -OCH3 is 2. The maximum Gasteiger partial charge on any atom is 0.248 e. The molecule has 3 aromatic carbocycles. The summed E-state index contributed by atoms with van der Waals surface area (Å²) in [6, 6.07) is 21.2. The number of carbonyl (C=O) groups is 1. The Balaban J connectivity index is 2.17. The van der Waals surface area contributed by atoms with Gasteiger partial charge in [-0.25, -0.2) is 13.9 Å². The number of ether oxygens (including phenoxy) is 2. The first-order chi connectivity index (χ1) is 16.7.